The van der Waals surface area contributed by atoms with Crippen LogP contribution in [0.5, 0.6) is 0 Å². The van der Waals surface area contributed by atoms with E-state index in [1.165, 1.54) is 0 Å². The molecule has 0 aliphatic carbocycles. The normalized spacial score (nSPS) is 19.2. The molecule has 1 N–H and O–H groups in total. The molecule has 2 aromatic rings. The van der Waals surface area contributed by atoms with Gasteiger partial charge >= 0.3 is 0 Å². The van der Waals surface area contributed by atoms with E-state index < -0.39 is 0 Å². The van der Waals surface area contributed by atoms with Crippen LogP contribution in [0.2, 0.25) is 0 Å². The summed E-state index contributed by atoms with van der Waals surface area (Å²) >= 11 is 3.47. The highest BCUT2D eigenvalue weighted by molar-refractivity contribution is 9.10. The molecule has 5 heteroatoms. The van der Waals surface area contributed by atoms with Crippen LogP contribution >= 0.6 is 15.9 Å². The molecule has 1 amide bonds. The molecule has 1 atom stereocenters. The van der Waals surface area contributed by atoms with E-state index in [1.54, 1.807) is 11.1 Å². The van der Waals surface area contributed by atoms with Gasteiger partial charge in [-0.15, -0.1) is 0 Å². The second-order valence-electron chi connectivity index (χ2n) is 4.77. The number of likely N-dealkylation sites (N-methyl/N-ethyl adjacent to an activating group) is 1. The average molecular weight is 320 g/mol. The standard InChI is InChI=1S/C14H14BrN3O/c1-18-7-5-13(14(18)19)17-12-4-6-16-11-3-2-9(15)8-10(11)12/h2-4,6,8,13H,5,7H2,1H3,(H,16,17). The Morgan fingerprint density at radius 2 is 2.26 bits per heavy atom. The summed E-state index contributed by atoms with van der Waals surface area (Å²) in [7, 11) is 1.84. The van der Waals surface area contributed by atoms with Gasteiger partial charge in [-0.3, -0.25) is 9.78 Å². The number of nitrogens with zero attached hydrogens (tertiary/aromatic N) is 2. The van der Waals surface area contributed by atoms with Gasteiger partial charge in [0.25, 0.3) is 0 Å². The number of hydrogen-bond acceptors (Lipinski definition) is 3. The topological polar surface area (TPSA) is 45.2 Å². The number of benzene rings is 1. The fourth-order valence-corrected chi connectivity index (χ4v) is 2.75. The van der Waals surface area contributed by atoms with Crippen LogP contribution in [0.25, 0.3) is 10.9 Å². The highest BCUT2D eigenvalue weighted by atomic mass is 79.9. The van der Waals surface area contributed by atoms with E-state index in [-0.39, 0.29) is 11.9 Å². The number of fused-ring (bicyclic) bond motifs is 1. The van der Waals surface area contributed by atoms with E-state index in [4.69, 9.17) is 0 Å². The Hall–Kier alpha value is -1.62. The van der Waals surface area contributed by atoms with Crippen molar-refractivity contribution >= 4 is 38.4 Å². The molecule has 2 heterocycles. The van der Waals surface area contributed by atoms with E-state index in [0.717, 1.165) is 34.0 Å². The van der Waals surface area contributed by atoms with Crippen molar-refractivity contribution in [1.82, 2.24) is 9.88 Å². The predicted molar refractivity (Wildman–Crippen MR) is 79.1 cm³/mol. The van der Waals surface area contributed by atoms with Crippen molar-refractivity contribution in [3.63, 3.8) is 0 Å². The van der Waals surface area contributed by atoms with Gasteiger partial charge in [0.15, 0.2) is 0 Å². The summed E-state index contributed by atoms with van der Waals surface area (Å²) in [5.74, 6) is 0.153. The quantitative estimate of drug-likeness (QED) is 0.925. The molecular formula is C14H14BrN3O. The third-order valence-electron chi connectivity index (χ3n) is 3.46. The number of halogens is 1. The highest BCUT2D eigenvalue weighted by Gasteiger charge is 2.29. The number of carbonyl (C=O) groups is 1. The van der Waals surface area contributed by atoms with Crippen molar-refractivity contribution in [2.75, 3.05) is 18.9 Å². The van der Waals surface area contributed by atoms with E-state index in [2.05, 4.69) is 26.2 Å². The van der Waals surface area contributed by atoms with Crippen LogP contribution in [0.15, 0.2) is 34.9 Å². The summed E-state index contributed by atoms with van der Waals surface area (Å²) in [5, 5.41) is 4.37. The average Bonchev–Trinajstić information content (AvgIpc) is 2.71. The molecule has 1 aliphatic heterocycles. The summed E-state index contributed by atoms with van der Waals surface area (Å²) < 4.78 is 1.01. The van der Waals surface area contributed by atoms with Gasteiger partial charge in [0.2, 0.25) is 5.91 Å². The summed E-state index contributed by atoms with van der Waals surface area (Å²) in [6.45, 7) is 0.809. The van der Waals surface area contributed by atoms with E-state index in [9.17, 15) is 4.79 Å². The van der Waals surface area contributed by atoms with Gasteiger partial charge in [-0.1, -0.05) is 15.9 Å². The molecule has 0 saturated carbocycles. The minimum absolute atomic E-state index is 0.130. The lowest BCUT2D eigenvalue weighted by molar-refractivity contribution is -0.127. The predicted octanol–water partition coefficient (Wildman–Crippen LogP) is 2.64. The van der Waals surface area contributed by atoms with Gasteiger partial charge in [0.1, 0.15) is 6.04 Å². The van der Waals surface area contributed by atoms with Crippen LogP contribution in [0.4, 0.5) is 5.69 Å². The molecule has 1 fully saturated rings. The first-order chi connectivity index (χ1) is 9.15. The number of nitrogens with one attached hydrogen (secondary N) is 1. The zero-order valence-electron chi connectivity index (χ0n) is 10.6. The molecule has 1 unspecified atom stereocenters. The molecule has 1 aliphatic rings. The molecular weight excluding hydrogens is 306 g/mol. The molecule has 3 rings (SSSR count). The number of rotatable bonds is 2. The molecule has 0 radical (unpaired) electrons. The Balaban J connectivity index is 1.97. The zero-order valence-corrected chi connectivity index (χ0v) is 12.1. The fraction of sp³-hybridized carbons (Fsp3) is 0.286. The molecule has 0 bridgehead atoms. The Morgan fingerprint density at radius 1 is 1.42 bits per heavy atom. The molecule has 1 aromatic heterocycles. The lowest BCUT2D eigenvalue weighted by atomic mass is 10.1. The van der Waals surface area contributed by atoms with Gasteiger partial charge in [-0.2, -0.15) is 0 Å². The van der Waals surface area contributed by atoms with Crippen LogP contribution in [0.1, 0.15) is 6.42 Å². The van der Waals surface area contributed by atoms with Crippen molar-refractivity contribution in [1.29, 1.82) is 0 Å². The molecule has 1 saturated heterocycles. The zero-order chi connectivity index (χ0) is 13.4. The van der Waals surface area contributed by atoms with Crippen LogP contribution in [-0.2, 0) is 4.79 Å². The molecule has 98 valence electrons. The first-order valence-electron chi connectivity index (χ1n) is 6.21. The maximum absolute atomic E-state index is 12.0. The monoisotopic (exact) mass is 319 g/mol. The largest absolute Gasteiger partial charge is 0.373 e. The van der Waals surface area contributed by atoms with Crippen LogP contribution in [-0.4, -0.2) is 35.4 Å². The third kappa shape index (κ3) is 2.30. The number of likely N-dealkylation sites (tertiary alicyclic amines) is 1. The fourth-order valence-electron chi connectivity index (χ4n) is 2.39. The van der Waals surface area contributed by atoms with Gasteiger partial charge in [-0.05, 0) is 30.7 Å². The molecule has 19 heavy (non-hydrogen) atoms. The lowest BCUT2D eigenvalue weighted by Crippen LogP contribution is -2.30. The van der Waals surface area contributed by atoms with Gasteiger partial charge in [-0.25, -0.2) is 0 Å². The SMILES string of the molecule is CN1CCC(Nc2ccnc3ccc(Br)cc23)C1=O. The van der Waals surface area contributed by atoms with E-state index >= 15 is 0 Å². The Kier molecular flexibility index (Phi) is 3.14. The number of pyridine rings is 1. The smallest absolute Gasteiger partial charge is 0.244 e. The molecule has 4 nitrogen and oxygen atoms in total. The number of hydrogen-bond donors (Lipinski definition) is 1. The van der Waals surface area contributed by atoms with Gasteiger partial charge in [0, 0.05) is 35.3 Å². The Labute approximate surface area is 119 Å². The first kappa shape index (κ1) is 12.4. The summed E-state index contributed by atoms with van der Waals surface area (Å²) in [5.41, 5.74) is 1.88. The van der Waals surface area contributed by atoms with Crippen LogP contribution < -0.4 is 5.32 Å². The van der Waals surface area contributed by atoms with Crippen LogP contribution in [0, 0.1) is 0 Å². The molecule has 0 spiro atoms. The van der Waals surface area contributed by atoms with Crippen molar-refractivity contribution in [2.45, 2.75) is 12.5 Å². The maximum atomic E-state index is 12.0. The van der Waals surface area contributed by atoms with Gasteiger partial charge < -0.3 is 10.2 Å². The lowest BCUT2D eigenvalue weighted by Gasteiger charge is -2.15. The second-order valence-corrected chi connectivity index (χ2v) is 5.68. The number of amides is 1. The number of aromatic nitrogens is 1. The van der Waals surface area contributed by atoms with Crippen molar-refractivity contribution in [3.8, 4) is 0 Å². The summed E-state index contributed by atoms with van der Waals surface area (Å²) in [4.78, 5) is 18.0. The minimum Gasteiger partial charge on any atom is -0.373 e. The Bertz CT molecular complexity index is 644. The van der Waals surface area contributed by atoms with Crippen molar-refractivity contribution < 1.29 is 4.79 Å². The highest BCUT2D eigenvalue weighted by Crippen LogP contribution is 2.26. The van der Waals surface area contributed by atoms with Crippen molar-refractivity contribution in [2.24, 2.45) is 0 Å². The minimum atomic E-state index is -0.130. The Morgan fingerprint density at radius 3 is 3.00 bits per heavy atom. The van der Waals surface area contributed by atoms with Crippen molar-refractivity contribution in [3.05, 3.63) is 34.9 Å². The second kappa shape index (κ2) is 4.81. The van der Waals surface area contributed by atoms with E-state index in [0.29, 0.717) is 0 Å². The third-order valence-corrected chi connectivity index (χ3v) is 3.95. The summed E-state index contributed by atoms with van der Waals surface area (Å²) in [6.07, 6.45) is 2.61. The first-order valence-corrected chi connectivity index (χ1v) is 7.00. The number of carbonyl (C=O) groups excluding carboxylic acids is 1. The summed E-state index contributed by atoms with van der Waals surface area (Å²) in [6, 6.07) is 7.74. The number of anilines is 1. The van der Waals surface area contributed by atoms with Crippen LogP contribution in [0.3, 0.4) is 0 Å². The molecule has 1 aromatic carbocycles. The van der Waals surface area contributed by atoms with E-state index in [1.807, 2.05) is 31.3 Å². The van der Waals surface area contributed by atoms with Gasteiger partial charge in [0.05, 0.1) is 5.52 Å². The maximum Gasteiger partial charge on any atom is 0.244 e.